The number of carboxylic acid groups (broad SMARTS) is 1. The first-order chi connectivity index (χ1) is 10.3. The standard InChI is InChI=1S/C16H21NO4S/c1-11-5-6-14(8-12(11)2)22(20,21)17-9-13-4-3-7-16(13,10-17)15(18)19/h5-6,8,13H,3-4,7,9-10H2,1-2H3,(H,18,19)/t13-,16+/m0/s1. The van der Waals surface area contributed by atoms with Gasteiger partial charge in [-0.15, -0.1) is 0 Å². The van der Waals surface area contributed by atoms with E-state index < -0.39 is 21.4 Å². The lowest BCUT2D eigenvalue weighted by Crippen LogP contribution is -2.37. The molecule has 1 aliphatic carbocycles. The Bertz CT molecular complexity index is 728. The first-order valence-electron chi connectivity index (χ1n) is 7.58. The van der Waals surface area contributed by atoms with Crippen LogP contribution in [0, 0.1) is 25.2 Å². The third-order valence-electron chi connectivity index (χ3n) is 5.38. The molecule has 1 aromatic rings. The molecule has 1 heterocycles. The zero-order valence-electron chi connectivity index (χ0n) is 12.9. The molecule has 0 radical (unpaired) electrons. The average Bonchev–Trinajstić information content (AvgIpc) is 2.99. The topological polar surface area (TPSA) is 74.7 Å². The van der Waals surface area contributed by atoms with E-state index in [-0.39, 0.29) is 17.4 Å². The highest BCUT2D eigenvalue weighted by Crippen LogP contribution is 2.50. The Kier molecular flexibility index (Phi) is 3.57. The molecule has 0 aromatic heterocycles. The predicted molar refractivity (Wildman–Crippen MR) is 82.1 cm³/mol. The minimum Gasteiger partial charge on any atom is -0.481 e. The van der Waals surface area contributed by atoms with Crippen molar-refractivity contribution < 1.29 is 18.3 Å². The van der Waals surface area contributed by atoms with Gasteiger partial charge in [0.05, 0.1) is 10.3 Å². The van der Waals surface area contributed by atoms with E-state index in [9.17, 15) is 18.3 Å². The van der Waals surface area contributed by atoms with Crippen LogP contribution in [0.3, 0.4) is 0 Å². The van der Waals surface area contributed by atoms with Crippen molar-refractivity contribution in [2.45, 2.75) is 38.0 Å². The summed E-state index contributed by atoms with van der Waals surface area (Å²) in [4.78, 5) is 12.0. The molecule has 2 fully saturated rings. The van der Waals surface area contributed by atoms with Crippen LogP contribution in [0.25, 0.3) is 0 Å². The van der Waals surface area contributed by atoms with E-state index in [0.717, 1.165) is 24.0 Å². The number of sulfonamides is 1. The Morgan fingerprint density at radius 3 is 2.64 bits per heavy atom. The summed E-state index contributed by atoms with van der Waals surface area (Å²) in [5.41, 5.74) is 1.08. The van der Waals surface area contributed by atoms with Crippen LogP contribution in [-0.2, 0) is 14.8 Å². The molecule has 5 nitrogen and oxygen atoms in total. The maximum Gasteiger partial charge on any atom is 0.311 e. The number of hydrogen-bond donors (Lipinski definition) is 1. The quantitative estimate of drug-likeness (QED) is 0.925. The molecule has 0 unspecified atom stereocenters. The van der Waals surface area contributed by atoms with E-state index >= 15 is 0 Å². The fourth-order valence-corrected chi connectivity index (χ4v) is 5.44. The van der Waals surface area contributed by atoms with Crippen LogP contribution in [-0.4, -0.2) is 36.9 Å². The van der Waals surface area contributed by atoms with E-state index in [0.29, 0.717) is 13.0 Å². The number of fused-ring (bicyclic) bond motifs is 1. The summed E-state index contributed by atoms with van der Waals surface area (Å²) in [5.74, 6) is -0.917. The molecule has 1 N–H and O–H groups in total. The highest BCUT2D eigenvalue weighted by Gasteiger charge is 2.57. The number of rotatable bonds is 3. The van der Waals surface area contributed by atoms with Crippen molar-refractivity contribution in [2.24, 2.45) is 11.3 Å². The molecule has 0 spiro atoms. The number of aliphatic carboxylic acids is 1. The maximum absolute atomic E-state index is 12.8. The molecule has 2 aliphatic rings. The molecule has 2 atom stereocenters. The molecule has 3 rings (SSSR count). The maximum atomic E-state index is 12.8. The fraction of sp³-hybridized carbons (Fsp3) is 0.562. The first kappa shape index (κ1) is 15.5. The molecule has 1 saturated heterocycles. The van der Waals surface area contributed by atoms with Gasteiger partial charge in [-0.2, -0.15) is 4.31 Å². The number of hydrogen-bond acceptors (Lipinski definition) is 3. The second kappa shape index (κ2) is 5.06. The van der Waals surface area contributed by atoms with Crippen molar-refractivity contribution in [3.8, 4) is 0 Å². The van der Waals surface area contributed by atoms with Gasteiger partial charge in [0, 0.05) is 13.1 Å². The summed E-state index contributed by atoms with van der Waals surface area (Å²) in [6.45, 7) is 4.24. The number of nitrogens with zero attached hydrogens (tertiary/aromatic N) is 1. The SMILES string of the molecule is Cc1ccc(S(=O)(=O)N2C[C@@H]3CCC[C@@]3(C(=O)O)C2)cc1C. The lowest BCUT2D eigenvalue weighted by molar-refractivity contribution is -0.149. The predicted octanol–water partition coefficient (Wildman–Crippen LogP) is 2.18. The average molecular weight is 323 g/mol. The van der Waals surface area contributed by atoms with Crippen molar-refractivity contribution >= 4 is 16.0 Å². The van der Waals surface area contributed by atoms with Crippen LogP contribution in [0.2, 0.25) is 0 Å². The van der Waals surface area contributed by atoms with Crippen molar-refractivity contribution in [1.29, 1.82) is 0 Å². The second-order valence-electron chi connectivity index (χ2n) is 6.59. The van der Waals surface area contributed by atoms with Crippen molar-refractivity contribution in [3.63, 3.8) is 0 Å². The monoisotopic (exact) mass is 323 g/mol. The summed E-state index contributed by atoms with van der Waals surface area (Å²) in [6.07, 6.45) is 2.24. The Morgan fingerprint density at radius 1 is 1.32 bits per heavy atom. The summed E-state index contributed by atoms with van der Waals surface area (Å²) >= 11 is 0. The summed E-state index contributed by atoms with van der Waals surface area (Å²) < 4.78 is 27.0. The Hall–Kier alpha value is -1.40. The Balaban J connectivity index is 1.94. The van der Waals surface area contributed by atoms with Gasteiger partial charge in [-0.3, -0.25) is 4.79 Å². The molecule has 120 valence electrons. The van der Waals surface area contributed by atoms with Crippen LogP contribution < -0.4 is 0 Å². The van der Waals surface area contributed by atoms with Crippen LogP contribution in [0.1, 0.15) is 30.4 Å². The van der Waals surface area contributed by atoms with Crippen LogP contribution in [0.15, 0.2) is 23.1 Å². The van der Waals surface area contributed by atoms with Gasteiger partial charge in [-0.05, 0) is 55.9 Å². The Morgan fingerprint density at radius 2 is 2.05 bits per heavy atom. The van der Waals surface area contributed by atoms with Crippen LogP contribution in [0.4, 0.5) is 0 Å². The molecular weight excluding hydrogens is 302 g/mol. The highest BCUT2D eigenvalue weighted by atomic mass is 32.2. The van der Waals surface area contributed by atoms with E-state index in [4.69, 9.17) is 0 Å². The number of benzene rings is 1. The molecule has 0 amide bonds. The van der Waals surface area contributed by atoms with Crippen molar-refractivity contribution in [2.75, 3.05) is 13.1 Å². The van der Waals surface area contributed by atoms with Gasteiger partial charge in [0.2, 0.25) is 10.0 Å². The zero-order chi connectivity index (χ0) is 16.1. The minimum atomic E-state index is -3.62. The number of carbonyl (C=O) groups is 1. The van der Waals surface area contributed by atoms with Gasteiger partial charge >= 0.3 is 5.97 Å². The molecule has 22 heavy (non-hydrogen) atoms. The first-order valence-corrected chi connectivity index (χ1v) is 9.02. The van der Waals surface area contributed by atoms with E-state index in [1.165, 1.54) is 4.31 Å². The third-order valence-corrected chi connectivity index (χ3v) is 7.19. The molecular formula is C16H21NO4S. The van der Waals surface area contributed by atoms with Gasteiger partial charge in [0.1, 0.15) is 0 Å². The number of carboxylic acids is 1. The van der Waals surface area contributed by atoms with Gasteiger partial charge < -0.3 is 5.11 Å². The van der Waals surface area contributed by atoms with Gasteiger partial charge in [-0.25, -0.2) is 8.42 Å². The molecule has 1 aromatic carbocycles. The molecule has 1 aliphatic heterocycles. The van der Waals surface area contributed by atoms with Gasteiger partial charge in [-0.1, -0.05) is 12.5 Å². The zero-order valence-corrected chi connectivity index (χ0v) is 13.7. The van der Waals surface area contributed by atoms with E-state index in [2.05, 4.69) is 0 Å². The second-order valence-corrected chi connectivity index (χ2v) is 8.53. The molecule has 6 heteroatoms. The van der Waals surface area contributed by atoms with Gasteiger partial charge in [0.25, 0.3) is 0 Å². The summed E-state index contributed by atoms with van der Waals surface area (Å²) in [7, 11) is -3.62. The van der Waals surface area contributed by atoms with Crippen LogP contribution in [0.5, 0.6) is 0 Å². The summed E-state index contributed by atoms with van der Waals surface area (Å²) in [6, 6.07) is 5.08. The summed E-state index contributed by atoms with van der Waals surface area (Å²) in [5, 5.41) is 9.59. The van der Waals surface area contributed by atoms with Crippen LogP contribution >= 0.6 is 0 Å². The van der Waals surface area contributed by atoms with Crippen molar-refractivity contribution in [1.82, 2.24) is 4.31 Å². The third kappa shape index (κ3) is 2.16. The smallest absolute Gasteiger partial charge is 0.311 e. The normalized spacial score (nSPS) is 28.7. The van der Waals surface area contributed by atoms with Gasteiger partial charge in [0.15, 0.2) is 0 Å². The molecule has 1 saturated carbocycles. The van der Waals surface area contributed by atoms with E-state index in [1.54, 1.807) is 18.2 Å². The number of aryl methyl sites for hydroxylation is 2. The Labute approximate surface area is 131 Å². The minimum absolute atomic E-state index is 0.0636. The van der Waals surface area contributed by atoms with Crippen molar-refractivity contribution in [3.05, 3.63) is 29.3 Å². The lowest BCUT2D eigenvalue weighted by Gasteiger charge is -2.23. The highest BCUT2D eigenvalue weighted by molar-refractivity contribution is 7.89. The lowest BCUT2D eigenvalue weighted by atomic mass is 9.81. The van der Waals surface area contributed by atoms with E-state index in [1.807, 2.05) is 13.8 Å². The molecule has 0 bridgehead atoms. The largest absolute Gasteiger partial charge is 0.481 e. The fourth-order valence-electron chi connectivity index (χ4n) is 3.80.